The molecule has 4 aromatic rings. The van der Waals surface area contributed by atoms with E-state index in [2.05, 4.69) is 53.1 Å². The van der Waals surface area contributed by atoms with Gasteiger partial charge in [-0.3, -0.25) is 4.90 Å². The predicted molar refractivity (Wildman–Crippen MR) is 146 cm³/mol. The summed E-state index contributed by atoms with van der Waals surface area (Å²) in [4.78, 5) is 3.73. The first kappa shape index (κ1) is 26.1. The number of aryl methyl sites for hydroxylation is 2. The fourth-order valence-corrected chi connectivity index (χ4v) is 7.74. The fraction of sp³-hybridized carbons (Fsp3) is 0.464. The van der Waals surface area contributed by atoms with E-state index < -0.39 is 10.0 Å². The van der Waals surface area contributed by atoms with Crippen LogP contribution in [0.3, 0.4) is 0 Å². The lowest BCUT2D eigenvalue weighted by molar-refractivity contribution is 0.0267. The second-order valence-electron chi connectivity index (χ2n) is 11.8. The molecule has 3 heterocycles. The van der Waals surface area contributed by atoms with Gasteiger partial charge in [0.1, 0.15) is 5.82 Å². The number of hydrogen-bond donors (Lipinski definition) is 0. The molecular weight excluding hydrogens is 517 g/mol. The van der Waals surface area contributed by atoms with Crippen molar-refractivity contribution >= 4 is 20.9 Å². The number of rotatable bonds is 6. The minimum absolute atomic E-state index is 0.0225. The van der Waals surface area contributed by atoms with Crippen LogP contribution in [0.2, 0.25) is 0 Å². The molecule has 0 N–H and O–H groups in total. The van der Waals surface area contributed by atoms with Crippen molar-refractivity contribution in [1.29, 1.82) is 0 Å². The van der Waals surface area contributed by atoms with Crippen molar-refractivity contribution in [2.45, 2.75) is 44.7 Å². The monoisotopic (exact) mass is 551 g/mol. The predicted octanol–water partition coefficient (Wildman–Crippen LogP) is 4.09. The van der Waals surface area contributed by atoms with E-state index in [0.717, 1.165) is 34.3 Å². The van der Waals surface area contributed by atoms with Crippen molar-refractivity contribution in [3.8, 4) is 5.69 Å². The molecule has 2 aliphatic rings. The minimum Gasteiger partial charge on any atom is -0.293 e. The highest BCUT2D eigenvalue weighted by atomic mass is 32.2. The summed E-state index contributed by atoms with van der Waals surface area (Å²) < 4.78 is 43.8. The minimum atomic E-state index is -3.77. The van der Waals surface area contributed by atoms with Gasteiger partial charge in [0.2, 0.25) is 5.03 Å². The molecule has 1 saturated carbocycles. The molecule has 1 aliphatic carbocycles. The van der Waals surface area contributed by atoms with E-state index in [9.17, 15) is 12.8 Å². The highest BCUT2D eigenvalue weighted by Crippen LogP contribution is 2.46. The van der Waals surface area contributed by atoms with Crippen molar-refractivity contribution in [2.75, 3.05) is 26.2 Å². The zero-order valence-electron chi connectivity index (χ0n) is 22.7. The SMILES string of the molecule is Cc1cc2c(cnn2-c2ccc(F)cc2)cc1[C@H]1CN(S(=O)(=O)c2cnn(C)n2)CCN1CC1CC(C)(C)C1. The van der Waals surface area contributed by atoms with E-state index in [1.807, 2.05) is 10.9 Å². The van der Waals surface area contributed by atoms with E-state index in [-0.39, 0.29) is 16.9 Å². The molecule has 6 rings (SSSR count). The van der Waals surface area contributed by atoms with Crippen molar-refractivity contribution in [3.05, 3.63) is 65.7 Å². The lowest BCUT2D eigenvalue weighted by Gasteiger charge is -2.48. The van der Waals surface area contributed by atoms with Crippen molar-refractivity contribution in [2.24, 2.45) is 18.4 Å². The Morgan fingerprint density at radius 3 is 2.46 bits per heavy atom. The average molecular weight is 552 g/mol. The van der Waals surface area contributed by atoms with Gasteiger partial charge in [0, 0.05) is 44.7 Å². The quantitative estimate of drug-likeness (QED) is 0.359. The Labute approximate surface area is 228 Å². The lowest BCUT2D eigenvalue weighted by atomic mass is 9.64. The van der Waals surface area contributed by atoms with Crippen LogP contribution in [0.1, 0.15) is 43.9 Å². The van der Waals surface area contributed by atoms with Gasteiger partial charge in [-0.2, -0.15) is 19.3 Å². The van der Waals surface area contributed by atoms with E-state index >= 15 is 0 Å². The Kier molecular flexibility index (Phi) is 6.35. The van der Waals surface area contributed by atoms with Crippen LogP contribution in [-0.2, 0) is 17.1 Å². The van der Waals surface area contributed by atoms with E-state index in [1.54, 1.807) is 23.5 Å². The van der Waals surface area contributed by atoms with Crippen LogP contribution in [0.25, 0.3) is 16.6 Å². The number of benzene rings is 2. The zero-order chi connectivity index (χ0) is 27.5. The lowest BCUT2D eigenvalue weighted by Crippen LogP contribution is -2.53. The molecule has 0 bridgehead atoms. The maximum Gasteiger partial charge on any atom is 0.264 e. The normalized spacial score (nSPS) is 20.9. The summed E-state index contributed by atoms with van der Waals surface area (Å²) >= 11 is 0. The number of sulfonamides is 1. The smallest absolute Gasteiger partial charge is 0.264 e. The molecule has 0 radical (unpaired) electrons. The zero-order valence-corrected chi connectivity index (χ0v) is 23.6. The number of halogens is 1. The van der Waals surface area contributed by atoms with E-state index in [4.69, 9.17) is 0 Å². The molecule has 11 heteroatoms. The first-order chi connectivity index (χ1) is 18.5. The van der Waals surface area contributed by atoms with Crippen LogP contribution in [0, 0.1) is 24.1 Å². The molecule has 1 atom stereocenters. The van der Waals surface area contributed by atoms with Crippen LogP contribution >= 0.6 is 0 Å². The Morgan fingerprint density at radius 2 is 1.79 bits per heavy atom. The van der Waals surface area contributed by atoms with Gasteiger partial charge in [0.15, 0.2) is 0 Å². The Hall–Kier alpha value is -3.15. The second-order valence-corrected chi connectivity index (χ2v) is 13.7. The molecule has 206 valence electrons. The third-order valence-electron chi connectivity index (χ3n) is 8.20. The molecule has 2 fully saturated rings. The molecule has 1 aliphatic heterocycles. The Balaban J connectivity index is 1.35. The average Bonchev–Trinajstić information content (AvgIpc) is 3.49. The first-order valence-electron chi connectivity index (χ1n) is 13.3. The number of fused-ring (bicyclic) bond motifs is 1. The van der Waals surface area contributed by atoms with Gasteiger partial charge in [-0.1, -0.05) is 13.8 Å². The Bertz CT molecular complexity index is 1620. The highest BCUT2D eigenvalue weighted by molar-refractivity contribution is 7.89. The van der Waals surface area contributed by atoms with Crippen LogP contribution in [0.4, 0.5) is 4.39 Å². The third kappa shape index (κ3) is 4.87. The van der Waals surface area contributed by atoms with Gasteiger partial charge >= 0.3 is 0 Å². The van der Waals surface area contributed by atoms with E-state index in [1.165, 1.54) is 36.0 Å². The number of hydrogen-bond acceptors (Lipinski definition) is 6. The first-order valence-corrected chi connectivity index (χ1v) is 14.8. The van der Waals surface area contributed by atoms with Crippen molar-refractivity contribution < 1.29 is 12.8 Å². The van der Waals surface area contributed by atoms with Crippen LogP contribution in [0.5, 0.6) is 0 Å². The summed E-state index contributed by atoms with van der Waals surface area (Å²) in [5.41, 5.74) is 4.25. The summed E-state index contributed by atoms with van der Waals surface area (Å²) in [7, 11) is -2.15. The summed E-state index contributed by atoms with van der Waals surface area (Å²) in [6.07, 6.45) is 5.49. The molecule has 2 aromatic carbocycles. The van der Waals surface area contributed by atoms with Gasteiger partial charge in [-0.25, -0.2) is 17.5 Å². The molecule has 0 amide bonds. The molecule has 0 spiro atoms. The Morgan fingerprint density at radius 1 is 1.05 bits per heavy atom. The topological polar surface area (TPSA) is 89.2 Å². The van der Waals surface area contributed by atoms with Gasteiger partial charge in [-0.05, 0) is 78.6 Å². The molecule has 2 aromatic heterocycles. The summed E-state index contributed by atoms with van der Waals surface area (Å²) in [5, 5.41) is 13.6. The highest BCUT2D eigenvalue weighted by Gasteiger charge is 2.41. The molecule has 9 nitrogen and oxygen atoms in total. The molecular formula is C28H34FN7O2S. The molecule has 39 heavy (non-hydrogen) atoms. The number of nitrogens with zero attached hydrogens (tertiary/aromatic N) is 7. The summed E-state index contributed by atoms with van der Waals surface area (Å²) in [5.74, 6) is 0.317. The van der Waals surface area contributed by atoms with Crippen molar-refractivity contribution in [1.82, 2.24) is 34.0 Å². The third-order valence-corrected chi connectivity index (χ3v) is 9.93. The second kappa shape index (κ2) is 9.50. The maximum atomic E-state index is 13.5. The van der Waals surface area contributed by atoms with Crippen LogP contribution in [-0.4, -0.2) is 68.6 Å². The van der Waals surface area contributed by atoms with Gasteiger partial charge < -0.3 is 0 Å². The fourth-order valence-electron chi connectivity index (χ4n) is 6.41. The summed E-state index contributed by atoms with van der Waals surface area (Å²) in [6.45, 7) is 9.03. The standard InChI is InChI=1S/C28H34FN7O2S/c1-19-11-25-21(15-31-36(25)23-7-5-22(29)6-8-23)12-24(19)26-18-35(39(37,38)27-16-30-33(4)32-27)10-9-34(26)17-20-13-28(2,3)14-20/h5-8,11-12,15-16,20,26H,9-10,13-14,17-18H2,1-4H3/t26-/m1/s1. The van der Waals surface area contributed by atoms with Gasteiger partial charge in [-0.15, -0.1) is 5.10 Å². The van der Waals surface area contributed by atoms with Gasteiger partial charge in [0.25, 0.3) is 10.0 Å². The van der Waals surface area contributed by atoms with Crippen LogP contribution in [0.15, 0.2) is 53.8 Å². The number of aromatic nitrogens is 5. The van der Waals surface area contributed by atoms with Crippen LogP contribution < -0.4 is 0 Å². The van der Waals surface area contributed by atoms with E-state index in [0.29, 0.717) is 31.0 Å². The van der Waals surface area contributed by atoms with Crippen molar-refractivity contribution in [3.63, 3.8) is 0 Å². The number of piperazine rings is 1. The largest absolute Gasteiger partial charge is 0.293 e. The molecule has 0 unspecified atom stereocenters. The van der Waals surface area contributed by atoms with Gasteiger partial charge in [0.05, 0.1) is 23.6 Å². The molecule has 1 saturated heterocycles. The maximum absolute atomic E-state index is 13.5. The summed E-state index contributed by atoms with van der Waals surface area (Å²) in [6, 6.07) is 10.4.